The maximum absolute atomic E-state index is 10.2. The molecule has 0 spiro atoms. The summed E-state index contributed by atoms with van der Waals surface area (Å²) >= 11 is 0. The van der Waals surface area contributed by atoms with E-state index in [0.29, 0.717) is 0 Å². The normalized spacial score (nSPS) is 11.3. The quantitative estimate of drug-likeness (QED) is 0.673. The third-order valence-electron chi connectivity index (χ3n) is 1.89. The van der Waals surface area contributed by atoms with Gasteiger partial charge in [0.05, 0.1) is 0 Å². The summed E-state index contributed by atoms with van der Waals surface area (Å²) in [5, 5.41) is 12.3. The van der Waals surface area contributed by atoms with Crippen LogP contribution in [0.1, 0.15) is 26.3 Å². The molecule has 1 N–H and O–H groups in total. The lowest BCUT2D eigenvalue weighted by Crippen LogP contribution is -2.10. The molecule has 0 aliphatic heterocycles. The van der Waals surface area contributed by atoms with Crippen LogP contribution < -0.4 is 0 Å². The number of aromatic hydroxyl groups is 1. The zero-order chi connectivity index (χ0) is 10.1. The Labute approximate surface area is 77.4 Å². The molecule has 0 unspecified atom stereocenters. The molecule has 0 aromatic heterocycles. The van der Waals surface area contributed by atoms with Crippen LogP contribution in [-0.4, -0.2) is 5.11 Å². The summed E-state index contributed by atoms with van der Waals surface area (Å²) in [6.45, 7) is 5.99. The van der Waals surface area contributed by atoms with E-state index in [-0.39, 0.29) is 16.9 Å². The topological polar surface area (TPSA) is 49.7 Å². The van der Waals surface area contributed by atoms with E-state index < -0.39 is 0 Å². The first-order chi connectivity index (χ1) is 5.95. The van der Waals surface area contributed by atoms with Crippen LogP contribution in [0.4, 0.5) is 5.69 Å². The molecule has 0 amide bonds. The predicted octanol–water partition coefficient (Wildman–Crippen LogP) is 3.09. The Bertz CT molecular complexity index is 326. The van der Waals surface area contributed by atoms with E-state index >= 15 is 0 Å². The van der Waals surface area contributed by atoms with Gasteiger partial charge in [0, 0.05) is 6.07 Å². The highest BCUT2D eigenvalue weighted by atomic mass is 16.3. The van der Waals surface area contributed by atoms with E-state index in [0.717, 1.165) is 5.56 Å². The lowest BCUT2D eigenvalue weighted by atomic mass is 9.86. The maximum Gasteiger partial charge on any atom is 0.121 e. The Balaban J connectivity index is 3.20. The number of benzene rings is 1. The van der Waals surface area contributed by atoms with Gasteiger partial charge < -0.3 is 5.11 Å². The van der Waals surface area contributed by atoms with Crippen molar-refractivity contribution in [3.63, 3.8) is 0 Å². The number of rotatable bonds is 1. The predicted molar refractivity (Wildman–Crippen MR) is 52.3 cm³/mol. The van der Waals surface area contributed by atoms with Gasteiger partial charge in [0.25, 0.3) is 0 Å². The molecular weight excluding hydrogens is 166 g/mol. The molecule has 1 rings (SSSR count). The van der Waals surface area contributed by atoms with Crippen molar-refractivity contribution in [3.05, 3.63) is 28.7 Å². The van der Waals surface area contributed by atoms with Crippen molar-refractivity contribution in [1.82, 2.24) is 0 Å². The van der Waals surface area contributed by atoms with E-state index in [1.807, 2.05) is 20.8 Å². The van der Waals surface area contributed by atoms with Gasteiger partial charge in [0.15, 0.2) is 0 Å². The molecule has 0 radical (unpaired) electrons. The molecular formula is C10H13NO2. The molecule has 3 heteroatoms. The molecule has 0 aliphatic carbocycles. The molecule has 13 heavy (non-hydrogen) atoms. The van der Waals surface area contributed by atoms with E-state index in [1.54, 1.807) is 12.1 Å². The van der Waals surface area contributed by atoms with Crippen molar-refractivity contribution in [2.24, 2.45) is 5.18 Å². The number of nitrogens with zero attached hydrogens (tertiary/aromatic N) is 1. The standard InChI is InChI=1S/C10H13NO2/c1-10(2,3)8-5-4-7(11-13)6-9(8)12/h4-6,12H,1-3H3. The average molecular weight is 179 g/mol. The monoisotopic (exact) mass is 179 g/mol. The maximum atomic E-state index is 10.2. The largest absolute Gasteiger partial charge is 0.508 e. The van der Waals surface area contributed by atoms with E-state index in [4.69, 9.17) is 0 Å². The van der Waals surface area contributed by atoms with Crippen LogP contribution in [0.5, 0.6) is 5.75 Å². The van der Waals surface area contributed by atoms with Crippen molar-refractivity contribution in [3.8, 4) is 5.75 Å². The molecule has 70 valence electrons. The molecule has 0 saturated carbocycles. The van der Waals surface area contributed by atoms with Crippen molar-refractivity contribution in [2.45, 2.75) is 26.2 Å². The lowest BCUT2D eigenvalue weighted by molar-refractivity contribution is 0.447. The first kappa shape index (κ1) is 9.71. The third-order valence-corrected chi connectivity index (χ3v) is 1.89. The van der Waals surface area contributed by atoms with Gasteiger partial charge >= 0.3 is 0 Å². The molecule has 1 aromatic rings. The van der Waals surface area contributed by atoms with Crippen LogP contribution >= 0.6 is 0 Å². The third kappa shape index (κ3) is 2.05. The van der Waals surface area contributed by atoms with Gasteiger partial charge in [-0.05, 0) is 22.2 Å². The lowest BCUT2D eigenvalue weighted by Gasteiger charge is -2.19. The summed E-state index contributed by atoms with van der Waals surface area (Å²) in [6.07, 6.45) is 0. The minimum absolute atomic E-state index is 0.120. The highest BCUT2D eigenvalue weighted by molar-refractivity contribution is 5.49. The second kappa shape index (κ2) is 3.17. The minimum Gasteiger partial charge on any atom is -0.508 e. The summed E-state index contributed by atoms with van der Waals surface area (Å²) in [6, 6.07) is 4.72. The molecule has 0 aliphatic rings. The van der Waals surface area contributed by atoms with Gasteiger partial charge in [-0.25, -0.2) is 0 Å². The zero-order valence-electron chi connectivity index (χ0n) is 8.03. The Morgan fingerprint density at radius 1 is 1.31 bits per heavy atom. The smallest absolute Gasteiger partial charge is 0.121 e. The fourth-order valence-corrected chi connectivity index (χ4v) is 1.21. The fourth-order valence-electron chi connectivity index (χ4n) is 1.21. The SMILES string of the molecule is CC(C)(C)c1ccc(N=O)cc1O. The number of hydrogen-bond acceptors (Lipinski definition) is 3. The minimum atomic E-state index is -0.120. The van der Waals surface area contributed by atoms with E-state index in [1.165, 1.54) is 6.07 Å². The highest BCUT2D eigenvalue weighted by Crippen LogP contribution is 2.32. The first-order valence-corrected chi connectivity index (χ1v) is 4.12. The van der Waals surface area contributed by atoms with Gasteiger partial charge in [-0.1, -0.05) is 26.8 Å². The Kier molecular flexibility index (Phi) is 2.36. The second-order valence-corrected chi connectivity index (χ2v) is 4.04. The molecule has 0 heterocycles. The van der Waals surface area contributed by atoms with Gasteiger partial charge in [0.1, 0.15) is 11.4 Å². The highest BCUT2D eigenvalue weighted by Gasteiger charge is 2.17. The van der Waals surface area contributed by atoms with Crippen molar-refractivity contribution < 1.29 is 5.11 Å². The van der Waals surface area contributed by atoms with Gasteiger partial charge in [-0.2, -0.15) is 0 Å². The van der Waals surface area contributed by atoms with Crippen LogP contribution in [0.15, 0.2) is 23.4 Å². The average Bonchev–Trinajstić information content (AvgIpc) is 2.01. The van der Waals surface area contributed by atoms with Crippen LogP contribution in [0.25, 0.3) is 0 Å². The molecule has 0 fully saturated rings. The zero-order valence-corrected chi connectivity index (χ0v) is 8.03. The van der Waals surface area contributed by atoms with Gasteiger partial charge in [-0.15, -0.1) is 4.91 Å². The number of phenolic OH excluding ortho intramolecular Hbond substituents is 1. The summed E-state index contributed by atoms with van der Waals surface area (Å²) in [4.78, 5) is 10.2. The summed E-state index contributed by atoms with van der Waals surface area (Å²) in [7, 11) is 0. The van der Waals surface area contributed by atoms with Crippen LogP contribution in [0, 0.1) is 4.91 Å². The van der Waals surface area contributed by atoms with Gasteiger partial charge in [0.2, 0.25) is 0 Å². The van der Waals surface area contributed by atoms with E-state index in [2.05, 4.69) is 5.18 Å². The van der Waals surface area contributed by atoms with Gasteiger partial charge in [-0.3, -0.25) is 0 Å². The Morgan fingerprint density at radius 3 is 2.31 bits per heavy atom. The van der Waals surface area contributed by atoms with Crippen molar-refractivity contribution in [1.29, 1.82) is 0 Å². The molecule has 0 atom stereocenters. The molecule has 1 aromatic carbocycles. The molecule has 0 bridgehead atoms. The number of phenols is 1. The summed E-state index contributed by atoms with van der Waals surface area (Å²) in [5.74, 6) is 0.129. The van der Waals surface area contributed by atoms with E-state index in [9.17, 15) is 10.0 Å². The Hall–Kier alpha value is -1.38. The van der Waals surface area contributed by atoms with Crippen molar-refractivity contribution >= 4 is 5.69 Å². The molecule has 3 nitrogen and oxygen atoms in total. The second-order valence-electron chi connectivity index (χ2n) is 4.04. The first-order valence-electron chi connectivity index (χ1n) is 4.12. The number of hydrogen-bond donors (Lipinski definition) is 1. The number of nitroso groups, excluding NO2 is 1. The fraction of sp³-hybridized carbons (Fsp3) is 0.400. The summed E-state index contributed by atoms with van der Waals surface area (Å²) < 4.78 is 0. The Morgan fingerprint density at radius 2 is 1.92 bits per heavy atom. The van der Waals surface area contributed by atoms with Crippen molar-refractivity contribution in [2.75, 3.05) is 0 Å². The van der Waals surface area contributed by atoms with Crippen LogP contribution in [-0.2, 0) is 5.41 Å². The molecule has 0 saturated heterocycles. The van der Waals surface area contributed by atoms with Crippen LogP contribution in [0.2, 0.25) is 0 Å². The van der Waals surface area contributed by atoms with Crippen LogP contribution in [0.3, 0.4) is 0 Å². The summed E-state index contributed by atoms with van der Waals surface area (Å²) in [5.41, 5.74) is 0.955.